The monoisotopic (exact) mass is 210 g/mol. The summed E-state index contributed by atoms with van der Waals surface area (Å²) in [7, 11) is 2.07. The van der Waals surface area contributed by atoms with Gasteiger partial charge in [-0.2, -0.15) is 0 Å². The highest BCUT2D eigenvalue weighted by atomic mass is 15.2. The minimum Gasteiger partial charge on any atom is -0.319 e. The van der Waals surface area contributed by atoms with E-state index in [1.807, 2.05) is 0 Å². The molecule has 0 radical (unpaired) electrons. The van der Waals surface area contributed by atoms with E-state index in [0.29, 0.717) is 5.41 Å². The molecule has 0 spiro atoms. The molecule has 0 aromatic carbocycles. The van der Waals surface area contributed by atoms with Crippen LogP contribution < -0.4 is 5.32 Å². The van der Waals surface area contributed by atoms with Crippen LogP contribution in [0.25, 0.3) is 0 Å². The molecule has 1 heterocycles. The van der Waals surface area contributed by atoms with E-state index in [2.05, 4.69) is 31.1 Å². The average Bonchev–Trinajstić information content (AvgIpc) is 2.16. The molecule has 0 atom stereocenters. The Hall–Kier alpha value is -0.0800. The van der Waals surface area contributed by atoms with Gasteiger partial charge in [-0.3, -0.25) is 4.90 Å². The predicted molar refractivity (Wildman–Crippen MR) is 65.0 cm³/mol. The molecule has 0 aromatic heterocycles. The molecule has 2 rings (SSSR count). The molecular formula is C13H26N2. The van der Waals surface area contributed by atoms with Crippen LogP contribution in [0.15, 0.2) is 0 Å². The predicted octanol–water partition coefficient (Wildman–Crippen LogP) is 2.11. The highest BCUT2D eigenvalue weighted by Crippen LogP contribution is 2.36. The van der Waals surface area contributed by atoms with Gasteiger partial charge in [0.05, 0.1) is 0 Å². The Morgan fingerprint density at radius 2 is 1.73 bits per heavy atom. The van der Waals surface area contributed by atoms with Gasteiger partial charge in [-0.1, -0.05) is 13.8 Å². The van der Waals surface area contributed by atoms with E-state index < -0.39 is 0 Å². The normalized spacial score (nSPS) is 36.2. The molecule has 1 aliphatic heterocycles. The summed E-state index contributed by atoms with van der Waals surface area (Å²) in [4.78, 5) is 2.70. The van der Waals surface area contributed by atoms with Gasteiger partial charge < -0.3 is 5.32 Å². The second-order valence-corrected chi connectivity index (χ2v) is 6.30. The Labute approximate surface area is 94.4 Å². The summed E-state index contributed by atoms with van der Waals surface area (Å²) in [5.74, 6) is 0.945. The SMILES string of the molecule is CNCC1CCC(N2CC(C)(C)C2)CC1. The maximum atomic E-state index is 3.31. The molecule has 1 saturated heterocycles. The first kappa shape index (κ1) is 11.4. The molecule has 2 aliphatic rings. The van der Waals surface area contributed by atoms with E-state index in [9.17, 15) is 0 Å². The van der Waals surface area contributed by atoms with Crippen molar-refractivity contribution >= 4 is 0 Å². The Kier molecular flexibility index (Phi) is 3.36. The van der Waals surface area contributed by atoms with Crippen LogP contribution in [0.3, 0.4) is 0 Å². The van der Waals surface area contributed by atoms with Gasteiger partial charge in [0.15, 0.2) is 0 Å². The Morgan fingerprint density at radius 3 is 2.20 bits per heavy atom. The van der Waals surface area contributed by atoms with Gasteiger partial charge in [0, 0.05) is 19.1 Å². The highest BCUT2D eigenvalue weighted by Gasteiger charge is 2.38. The minimum absolute atomic E-state index is 0.599. The number of likely N-dealkylation sites (tertiary alicyclic amines) is 1. The van der Waals surface area contributed by atoms with Gasteiger partial charge in [0.2, 0.25) is 0 Å². The van der Waals surface area contributed by atoms with E-state index in [1.165, 1.54) is 45.3 Å². The quantitative estimate of drug-likeness (QED) is 0.767. The number of hydrogen-bond acceptors (Lipinski definition) is 2. The van der Waals surface area contributed by atoms with Gasteiger partial charge in [-0.25, -0.2) is 0 Å². The van der Waals surface area contributed by atoms with Crippen LogP contribution in [0.1, 0.15) is 39.5 Å². The summed E-state index contributed by atoms with van der Waals surface area (Å²) >= 11 is 0. The molecule has 1 aliphatic carbocycles. The molecule has 2 heteroatoms. The lowest BCUT2D eigenvalue weighted by Crippen LogP contribution is -2.57. The summed E-state index contributed by atoms with van der Waals surface area (Å²) in [6, 6.07) is 0.908. The van der Waals surface area contributed by atoms with Gasteiger partial charge in [-0.05, 0) is 50.6 Å². The molecule has 2 fully saturated rings. The summed E-state index contributed by atoms with van der Waals surface area (Å²) in [5.41, 5.74) is 0.599. The van der Waals surface area contributed by atoms with E-state index in [0.717, 1.165) is 12.0 Å². The zero-order valence-corrected chi connectivity index (χ0v) is 10.6. The third-order valence-corrected chi connectivity index (χ3v) is 4.09. The van der Waals surface area contributed by atoms with Crippen molar-refractivity contribution in [2.45, 2.75) is 45.6 Å². The van der Waals surface area contributed by atoms with Crippen LogP contribution in [-0.2, 0) is 0 Å². The molecular weight excluding hydrogens is 184 g/mol. The second-order valence-electron chi connectivity index (χ2n) is 6.30. The first-order valence-electron chi connectivity index (χ1n) is 6.49. The summed E-state index contributed by atoms with van der Waals surface area (Å²) in [6.07, 6.45) is 5.73. The Bertz CT molecular complexity index is 197. The van der Waals surface area contributed by atoms with Gasteiger partial charge in [-0.15, -0.1) is 0 Å². The standard InChI is InChI=1S/C13H26N2/c1-13(2)9-15(10-13)12-6-4-11(5-7-12)8-14-3/h11-12,14H,4-10H2,1-3H3. The van der Waals surface area contributed by atoms with Crippen LogP contribution in [0.5, 0.6) is 0 Å². The van der Waals surface area contributed by atoms with Crippen molar-refractivity contribution in [3.63, 3.8) is 0 Å². The molecule has 2 nitrogen and oxygen atoms in total. The van der Waals surface area contributed by atoms with Crippen molar-refractivity contribution < 1.29 is 0 Å². The van der Waals surface area contributed by atoms with Crippen LogP contribution in [0.2, 0.25) is 0 Å². The average molecular weight is 210 g/mol. The fourth-order valence-corrected chi connectivity index (χ4v) is 3.31. The number of hydrogen-bond donors (Lipinski definition) is 1. The van der Waals surface area contributed by atoms with Crippen molar-refractivity contribution in [2.24, 2.45) is 11.3 Å². The fourth-order valence-electron chi connectivity index (χ4n) is 3.31. The molecule has 1 N–H and O–H groups in total. The number of nitrogens with one attached hydrogen (secondary N) is 1. The van der Waals surface area contributed by atoms with Gasteiger partial charge >= 0.3 is 0 Å². The third-order valence-electron chi connectivity index (χ3n) is 4.09. The van der Waals surface area contributed by atoms with Crippen molar-refractivity contribution in [2.75, 3.05) is 26.7 Å². The second kappa shape index (κ2) is 4.42. The van der Waals surface area contributed by atoms with E-state index in [4.69, 9.17) is 0 Å². The lowest BCUT2D eigenvalue weighted by Gasteiger charge is -2.51. The summed E-state index contributed by atoms with van der Waals surface area (Å²) in [6.45, 7) is 8.65. The molecule has 0 bridgehead atoms. The molecule has 0 amide bonds. The fraction of sp³-hybridized carbons (Fsp3) is 1.00. The van der Waals surface area contributed by atoms with Crippen molar-refractivity contribution in [1.29, 1.82) is 0 Å². The van der Waals surface area contributed by atoms with Crippen LogP contribution in [0, 0.1) is 11.3 Å². The first-order valence-corrected chi connectivity index (χ1v) is 6.49. The topological polar surface area (TPSA) is 15.3 Å². The number of rotatable bonds is 3. The summed E-state index contributed by atoms with van der Waals surface area (Å²) < 4.78 is 0. The zero-order chi connectivity index (χ0) is 10.9. The van der Waals surface area contributed by atoms with Gasteiger partial charge in [0.25, 0.3) is 0 Å². The van der Waals surface area contributed by atoms with E-state index >= 15 is 0 Å². The maximum Gasteiger partial charge on any atom is 0.00959 e. The van der Waals surface area contributed by atoms with Crippen molar-refractivity contribution in [1.82, 2.24) is 10.2 Å². The molecule has 0 unspecified atom stereocenters. The first-order chi connectivity index (χ1) is 7.11. The van der Waals surface area contributed by atoms with Crippen LogP contribution in [-0.4, -0.2) is 37.6 Å². The van der Waals surface area contributed by atoms with Crippen molar-refractivity contribution in [3.8, 4) is 0 Å². The zero-order valence-electron chi connectivity index (χ0n) is 10.6. The molecule has 1 saturated carbocycles. The number of nitrogens with zero attached hydrogens (tertiary/aromatic N) is 1. The van der Waals surface area contributed by atoms with Crippen LogP contribution in [0.4, 0.5) is 0 Å². The highest BCUT2D eigenvalue weighted by molar-refractivity contribution is 4.93. The largest absolute Gasteiger partial charge is 0.319 e. The van der Waals surface area contributed by atoms with E-state index in [-0.39, 0.29) is 0 Å². The lowest BCUT2D eigenvalue weighted by atomic mass is 9.78. The smallest absolute Gasteiger partial charge is 0.00959 e. The third kappa shape index (κ3) is 2.73. The molecule has 88 valence electrons. The lowest BCUT2D eigenvalue weighted by molar-refractivity contribution is -0.0221. The summed E-state index contributed by atoms with van der Waals surface area (Å²) in [5, 5.41) is 3.31. The Balaban J connectivity index is 1.70. The Morgan fingerprint density at radius 1 is 1.13 bits per heavy atom. The van der Waals surface area contributed by atoms with Crippen LogP contribution >= 0.6 is 0 Å². The maximum absolute atomic E-state index is 3.31. The van der Waals surface area contributed by atoms with Gasteiger partial charge in [0.1, 0.15) is 0 Å². The molecule has 0 aromatic rings. The minimum atomic E-state index is 0.599. The van der Waals surface area contributed by atoms with Crippen molar-refractivity contribution in [3.05, 3.63) is 0 Å². The van der Waals surface area contributed by atoms with E-state index in [1.54, 1.807) is 0 Å². The molecule has 15 heavy (non-hydrogen) atoms.